The molecule has 3 heterocycles. The lowest BCUT2D eigenvalue weighted by molar-refractivity contribution is -0.110. The number of carbonyl (C=O) groups excluding carboxylic acids is 1. The quantitative estimate of drug-likeness (QED) is 0.153. The summed E-state index contributed by atoms with van der Waals surface area (Å²) < 4.78 is 5.63. The van der Waals surface area contributed by atoms with Crippen molar-refractivity contribution >= 4 is 66.9 Å². The van der Waals surface area contributed by atoms with Gasteiger partial charge in [0.2, 0.25) is 0 Å². The van der Waals surface area contributed by atoms with Crippen molar-refractivity contribution in [1.29, 1.82) is 5.26 Å². The van der Waals surface area contributed by atoms with Crippen LogP contribution in [0.4, 0.5) is 5.69 Å². The average molecular weight is 521 g/mol. The van der Waals surface area contributed by atoms with Crippen LogP contribution >= 0.6 is 23.1 Å². The lowest BCUT2D eigenvalue weighted by Gasteiger charge is -2.16. The number of rotatable bonds is 4. The van der Waals surface area contributed by atoms with Gasteiger partial charge in [-0.25, -0.2) is 14.8 Å². The number of nitrogens with zero attached hydrogens (tertiary/aromatic N) is 4. The Morgan fingerprint density at radius 1 is 1.03 bits per heavy atom. The predicted octanol–water partition coefficient (Wildman–Crippen LogP) is 6.42. The van der Waals surface area contributed by atoms with E-state index in [0.29, 0.717) is 32.6 Å². The Bertz CT molecular complexity index is 1880. The van der Waals surface area contributed by atoms with Crippen LogP contribution in [-0.2, 0) is 4.79 Å². The number of hydrogen-bond donors (Lipinski definition) is 0. The predicted molar refractivity (Wildman–Crippen MR) is 148 cm³/mol. The first kappa shape index (κ1) is 22.9. The summed E-state index contributed by atoms with van der Waals surface area (Å²) in [5, 5.41) is 21.9. The second-order valence-electron chi connectivity index (χ2n) is 8.19. The molecule has 0 bridgehead atoms. The minimum atomic E-state index is -0.505. The summed E-state index contributed by atoms with van der Waals surface area (Å²) >= 11 is 2.37. The van der Waals surface area contributed by atoms with E-state index in [1.165, 1.54) is 18.3 Å². The average Bonchev–Trinajstić information content (AvgIpc) is 3.58. The van der Waals surface area contributed by atoms with Crippen LogP contribution in [0.1, 0.15) is 11.9 Å². The molecule has 0 spiro atoms. The van der Waals surface area contributed by atoms with Crippen molar-refractivity contribution in [2.45, 2.75) is 6.92 Å². The lowest BCUT2D eigenvalue weighted by Crippen LogP contribution is -2.11. The topological polar surface area (TPSA) is 99.6 Å². The number of hydrazone groups is 1. The maximum Gasteiger partial charge on any atom is 0.345 e. The van der Waals surface area contributed by atoms with E-state index in [9.17, 15) is 14.9 Å². The molecule has 0 radical (unpaired) electrons. The summed E-state index contributed by atoms with van der Waals surface area (Å²) in [5.41, 5.74) is 1.70. The Balaban J connectivity index is 1.47. The molecule has 37 heavy (non-hydrogen) atoms. The second-order valence-corrected chi connectivity index (χ2v) is 10.0. The zero-order valence-electron chi connectivity index (χ0n) is 19.3. The molecule has 0 unspecified atom stereocenters. The normalized spacial score (nSPS) is 14.6. The van der Waals surface area contributed by atoms with E-state index in [0.717, 1.165) is 27.9 Å². The van der Waals surface area contributed by atoms with Crippen molar-refractivity contribution in [2.75, 3.05) is 5.01 Å². The number of thiazole rings is 1. The fourth-order valence-electron chi connectivity index (χ4n) is 4.08. The van der Waals surface area contributed by atoms with Gasteiger partial charge in [-0.05, 0) is 46.8 Å². The molecule has 0 atom stereocenters. The highest BCUT2D eigenvalue weighted by molar-refractivity contribution is 8.19. The molecule has 9 heteroatoms. The molecule has 178 valence electrons. The fourth-order valence-corrected chi connectivity index (χ4v) is 5.89. The summed E-state index contributed by atoms with van der Waals surface area (Å²) in [6.07, 6.45) is 0. The van der Waals surface area contributed by atoms with Crippen molar-refractivity contribution in [3.63, 3.8) is 0 Å². The van der Waals surface area contributed by atoms with Crippen LogP contribution in [0.2, 0.25) is 0 Å². The highest BCUT2D eigenvalue weighted by atomic mass is 32.2. The Morgan fingerprint density at radius 2 is 1.81 bits per heavy atom. The van der Waals surface area contributed by atoms with Crippen molar-refractivity contribution in [3.8, 4) is 17.3 Å². The van der Waals surface area contributed by atoms with Crippen molar-refractivity contribution in [2.24, 2.45) is 5.10 Å². The van der Waals surface area contributed by atoms with Crippen LogP contribution in [0.25, 0.3) is 38.6 Å². The number of thioether (sulfide) groups is 1. The smallest absolute Gasteiger partial charge is 0.345 e. The summed E-state index contributed by atoms with van der Waals surface area (Å²) in [4.78, 5) is 29.6. The molecule has 6 rings (SSSR count). The molecule has 0 fully saturated rings. The molecule has 0 N–H and O–H groups in total. The maximum absolute atomic E-state index is 12.9. The van der Waals surface area contributed by atoms with Gasteiger partial charge in [0.05, 0.1) is 16.9 Å². The summed E-state index contributed by atoms with van der Waals surface area (Å²) in [6, 6.07) is 24.9. The molecule has 0 aliphatic carbocycles. The van der Waals surface area contributed by atoms with Gasteiger partial charge in [-0.2, -0.15) is 10.4 Å². The van der Waals surface area contributed by atoms with E-state index in [1.807, 2.05) is 60.7 Å². The molecule has 0 saturated heterocycles. The summed E-state index contributed by atoms with van der Waals surface area (Å²) in [6.45, 7) is 1.44. The number of aromatic nitrogens is 1. The van der Waals surface area contributed by atoms with Gasteiger partial charge in [-0.1, -0.05) is 48.5 Å². The Labute approximate surface area is 219 Å². The van der Waals surface area contributed by atoms with Gasteiger partial charge in [0.1, 0.15) is 27.3 Å². The van der Waals surface area contributed by atoms with Gasteiger partial charge in [0.25, 0.3) is 0 Å². The van der Waals surface area contributed by atoms with Gasteiger partial charge in [0, 0.05) is 17.7 Å². The van der Waals surface area contributed by atoms with Crippen LogP contribution in [0.5, 0.6) is 0 Å². The summed E-state index contributed by atoms with van der Waals surface area (Å²) in [5.74, 6) is -0.195. The molecular formula is C28H16N4O3S2. The number of Topliss-reactive ketones (excluding diaryl/α,β-unsaturated/α-hetero) is 1. The van der Waals surface area contributed by atoms with E-state index < -0.39 is 5.63 Å². The fraction of sp³-hybridized carbons (Fsp3) is 0.0357. The summed E-state index contributed by atoms with van der Waals surface area (Å²) in [7, 11) is 0. The largest absolute Gasteiger partial charge is 0.422 e. The molecule has 1 aliphatic heterocycles. The zero-order chi connectivity index (χ0) is 25.5. The van der Waals surface area contributed by atoms with Gasteiger partial charge < -0.3 is 4.42 Å². The van der Waals surface area contributed by atoms with E-state index in [4.69, 9.17) is 4.42 Å². The minimum absolute atomic E-state index is 0.195. The second kappa shape index (κ2) is 9.17. The third-order valence-electron chi connectivity index (χ3n) is 5.84. The van der Waals surface area contributed by atoms with Gasteiger partial charge >= 0.3 is 5.63 Å². The number of anilines is 1. The third kappa shape index (κ3) is 4.02. The Hall–Kier alpha value is -4.52. The van der Waals surface area contributed by atoms with Gasteiger partial charge in [-0.3, -0.25) is 4.79 Å². The standard InChI is InChI=1S/C28H16N4O3S2/c1-16(33)25-31-32(18-8-3-2-4-9-18)27(37-25)22(14-29)26-30-23(15-36-26)21-13-20-19-10-6-5-7-17(19)11-12-24(20)35-28(21)34/h2-13,15H,1H3/b27-22-. The van der Waals surface area contributed by atoms with E-state index in [2.05, 4.69) is 16.2 Å². The highest BCUT2D eigenvalue weighted by Gasteiger charge is 2.30. The number of nitriles is 1. The first-order valence-electron chi connectivity index (χ1n) is 11.2. The molecule has 3 aromatic carbocycles. The SMILES string of the molecule is CC(=O)C1=NN(c2ccccc2)/C(=C(\C#N)c2nc(-c3cc4c(ccc5ccccc54)oc3=O)cs2)S1. The first-order chi connectivity index (χ1) is 18.0. The molecular weight excluding hydrogens is 504 g/mol. The number of para-hydroxylation sites is 1. The Morgan fingerprint density at radius 3 is 2.59 bits per heavy atom. The highest BCUT2D eigenvalue weighted by Crippen LogP contribution is 2.40. The van der Waals surface area contributed by atoms with Crippen LogP contribution in [0, 0.1) is 11.3 Å². The molecule has 2 aromatic heterocycles. The number of fused-ring (bicyclic) bond motifs is 3. The van der Waals surface area contributed by atoms with E-state index >= 15 is 0 Å². The first-order valence-corrected chi connectivity index (χ1v) is 12.9. The van der Waals surface area contributed by atoms with Crippen LogP contribution in [0.3, 0.4) is 0 Å². The van der Waals surface area contributed by atoms with Crippen molar-refractivity contribution < 1.29 is 9.21 Å². The molecule has 0 amide bonds. The number of carbonyl (C=O) groups is 1. The number of hydrogen-bond acceptors (Lipinski definition) is 9. The van der Waals surface area contributed by atoms with Gasteiger partial charge in [0.15, 0.2) is 10.8 Å². The molecule has 0 saturated carbocycles. The minimum Gasteiger partial charge on any atom is -0.422 e. The number of ketones is 1. The zero-order valence-corrected chi connectivity index (χ0v) is 21.0. The lowest BCUT2D eigenvalue weighted by atomic mass is 10.0. The Kier molecular flexibility index (Phi) is 5.68. The molecule has 1 aliphatic rings. The number of allylic oxidation sites excluding steroid dienone is 1. The van der Waals surface area contributed by atoms with E-state index in [-0.39, 0.29) is 16.4 Å². The van der Waals surface area contributed by atoms with Crippen LogP contribution in [-0.4, -0.2) is 15.8 Å². The molecule has 5 aromatic rings. The molecule has 7 nitrogen and oxygen atoms in total. The maximum atomic E-state index is 12.9. The van der Waals surface area contributed by atoms with Crippen LogP contribution < -0.4 is 10.6 Å². The monoisotopic (exact) mass is 520 g/mol. The third-order valence-corrected chi connectivity index (χ3v) is 7.83. The van der Waals surface area contributed by atoms with Crippen molar-refractivity contribution in [3.05, 3.63) is 98.6 Å². The van der Waals surface area contributed by atoms with Crippen LogP contribution in [0.15, 0.2) is 97.5 Å². The van der Waals surface area contributed by atoms with Gasteiger partial charge in [-0.15, -0.1) is 11.3 Å². The number of benzene rings is 3. The van der Waals surface area contributed by atoms with Crippen molar-refractivity contribution in [1.82, 2.24) is 4.98 Å². The van der Waals surface area contributed by atoms with E-state index in [1.54, 1.807) is 22.5 Å².